The molecule has 0 unspecified atom stereocenters. The van der Waals surface area contributed by atoms with Crippen molar-refractivity contribution in [2.75, 3.05) is 12.4 Å². The number of nitrogens with zero attached hydrogens (tertiary/aromatic N) is 2. The normalized spacial score (nSPS) is 13.8. The highest BCUT2D eigenvalue weighted by molar-refractivity contribution is 5.86. The third-order valence-corrected chi connectivity index (χ3v) is 3.89. The summed E-state index contributed by atoms with van der Waals surface area (Å²) >= 11 is 0. The zero-order valence-electron chi connectivity index (χ0n) is 15.7. The summed E-state index contributed by atoms with van der Waals surface area (Å²) in [5.74, 6) is 0.422. The molecular formula is C18H28N4O3. The van der Waals surface area contributed by atoms with E-state index in [0.717, 1.165) is 0 Å². The number of hydrogen-bond donors (Lipinski definition) is 2. The van der Waals surface area contributed by atoms with Crippen molar-refractivity contribution in [2.45, 2.75) is 46.7 Å². The van der Waals surface area contributed by atoms with Crippen LogP contribution in [0.25, 0.3) is 6.08 Å². The molecule has 0 radical (unpaired) electrons. The fraction of sp³-hybridized carbons (Fsp3) is 0.556. The molecule has 1 heterocycles. The van der Waals surface area contributed by atoms with Crippen molar-refractivity contribution in [1.29, 1.82) is 0 Å². The Hall–Kier alpha value is -2.44. The number of aromatic nitrogens is 2. The minimum atomic E-state index is -0.459. The van der Waals surface area contributed by atoms with Crippen molar-refractivity contribution in [3.05, 3.63) is 24.2 Å². The van der Waals surface area contributed by atoms with Gasteiger partial charge in [0.15, 0.2) is 0 Å². The molecule has 0 bridgehead atoms. The van der Waals surface area contributed by atoms with Crippen LogP contribution in [0.15, 0.2) is 18.5 Å². The lowest BCUT2D eigenvalue weighted by Gasteiger charge is -2.25. The van der Waals surface area contributed by atoms with Crippen LogP contribution in [0, 0.1) is 11.8 Å². The quantitative estimate of drug-likeness (QED) is 0.553. The van der Waals surface area contributed by atoms with Crippen LogP contribution >= 0.6 is 0 Å². The van der Waals surface area contributed by atoms with Gasteiger partial charge in [-0.3, -0.25) is 9.78 Å². The first kappa shape index (κ1) is 20.6. The van der Waals surface area contributed by atoms with Crippen LogP contribution in [0.2, 0.25) is 0 Å². The summed E-state index contributed by atoms with van der Waals surface area (Å²) in [5.41, 5.74) is 0.523. The number of amides is 1. The Bertz CT molecular complexity index is 597. The number of ether oxygens (including phenoxy) is 1. The lowest BCUT2D eigenvalue weighted by atomic mass is 10.0. The van der Waals surface area contributed by atoms with Crippen molar-refractivity contribution >= 4 is 23.8 Å². The van der Waals surface area contributed by atoms with Gasteiger partial charge in [-0.25, -0.2) is 9.78 Å². The molecule has 1 amide bonds. The Morgan fingerprint density at radius 2 is 1.76 bits per heavy atom. The molecular weight excluding hydrogens is 320 g/mol. The largest absolute Gasteiger partial charge is 0.466 e. The smallest absolute Gasteiger partial charge is 0.330 e. The van der Waals surface area contributed by atoms with Crippen LogP contribution in [0.5, 0.6) is 0 Å². The minimum Gasteiger partial charge on any atom is -0.466 e. The van der Waals surface area contributed by atoms with E-state index in [1.165, 1.54) is 31.7 Å². The van der Waals surface area contributed by atoms with Crippen LogP contribution in [0.3, 0.4) is 0 Å². The number of anilines is 1. The maximum atomic E-state index is 12.5. The third kappa shape index (κ3) is 6.91. The van der Waals surface area contributed by atoms with Crippen LogP contribution in [-0.4, -0.2) is 41.0 Å². The average Bonchev–Trinajstić information content (AvgIpc) is 2.57. The van der Waals surface area contributed by atoms with Gasteiger partial charge in [0.05, 0.1) is 25.2 Å². The molecule has 2 N–H and O–H groups in total. The second kappa shape index (κ2) is 9.76. The summed E-state index contributed by atoms with van der Waals surface area (Å²) in [6, 6.07) is -0.320. The standard InChI is InChI=1S/C18H28N4O3/c1-11(2)13(5)21-18(24)17(12(3)4)22-15-10-19-14(9-20-15)7-8-16(23)25-6/h7-13,17H,1-6H3,(H,20,22)(H,21,24)/t13-,17+/m0/s1. The zero-order chi connectivity index (χ0) is 19.0. The fourth-order valence-electron chi connectivity index (χ4n) is 1.90. The highest BCUT2D eigenvalue weighted by Gasteiger charge is 2.24. The van der Waals surface area contributed by atoms with Gasteiger partial charge in [-0.15, -0.1) is 0 Å². The summed E-state index contributed by atoms with van der Waals surface area (Å²) in [5, 5.41) is 6.14. The van der Waals surface area contributed by atoms with Gasteiger partial charge in [0, 0.05) is 12.1 Å². The van der Waals surface area contributed by atoms with Gasteiger partial charge >= 0.3 is 5.97 Å². The Kier molecular flexibility index (Phi) is 8.04. The summed E-state index contributed by atoms with van der Waals surface area (Å²) in [6.45, 7) is 10.1. The number of methoxy groups -OCH3 is 1. The second-order valence-electron chi connectivity index (χ2n) is 6.59. The molecule has 0 aliphatic heterocycles. The third-order valence-electron chi connectivity index (χ3n) is 3.89. The SMILES string of the molecule is COC(=O)C=Cc1cnc(N[C@@H](C(=O)N[C@@H](C)C(C)C)C(C)C)cn1. The summed E-state index contributed by atoms with van der Waals surface area (Å²) in [4.78, 5) is 32.0. The van der Waals surface area contributed by atoms with E-state index in [2.05, 4.69) is 39.2 Å². The molecule has 1 aromatic heterocycles. The Labute approximate surface area is 149 Å². The van der Waals surface area contributed by atoms with Gasteiger partial charge in [0.2, 0.25) is 5.91 Å². The van der Waals surface area contributed by atoms with Crippen LogP contribution in [0.1, 0.15) is 40.3 Å². The number of hydrogen-bond acceptors (Lipinski definition) is 6. The minimum absolute atomic E-state index is 0.0623. The van der Waals surface area contributed by atoms with E-state index >= 15 is 0 Å². The maximum Gasteiger partial charge on any atom is 0.330 e. The van der Waals surface area contributed by atoms with Crippen LogP contribution in [0.4, 0.5) is 5.82 Å². The average molecular weight is 348 g/mol. The predicted octanol–water partition coefficient (Wildman–Crippen LogP) is 2.26. The molecule has 0 aliphatic carbocycles. The van der Waals surface area contributed by atoms with Crippen molar-refractivity contribution in [3.63, 3.8) is 0 Å². The number of esters is 1. The Balaban J connectivity index is 2.77. The van der Waals surface area contributed by atoms with E-state index in [-0.39, 0.29) is 17.9 Å². The van der Waals surface area contributed by atoms with Gasteiger partial charge < -0.3 is 15.4 Å². The lowest BCUT2D eigenvalue weighted by Crippen LogP contribution is -2.47. The molecule has 7 nitrogen and oxygen atoms in total. The predicted molar refractivity (Wildman–Crippen MR) is 97.8 cm³/mol. The first-order chi connectivity index (χ1) is 11.7. The molecule has 0 saturated heterocycles. The van der Waals surface area contributed by atoms with Crippen molar-refractivity contribution in [1.82, 2.24) is 15.3 Å². The molecule has 0 aromatic carbocycles. The van der Waals surface area contributed by atoms with Crippen molar-refractivity contribution in [2.24, 2.45) is 11.8 Å². The highest BCUT2D eigenvalue weighted by atomic mass is 16.5. The van der Waals surface area contributed by atoms with E-state index in [1.807, 2.05) is 20.8 Å². The van der Waals surface area contributed by atoms with Crippen LogP contribution in [-0.2, 0) is 14.3 Å². The van der Waals surface area contributed by atoms with E-state index in [1.54, 1.807) is 0 Å². The van der Waals surface area contributed by atoms with Gasteiger partial charge in [-0.2, -0.15) is 0 Å². The molecule has 7 heteroatoms. The van der Waals surface area contributed by atoms with E-state index in [9.17, 15) is 9.59 Å². The summed E-state index contributed by atoms with van der Waals surface area (Å²) < 4.78 is 4.52. The molecule has 0 aliphatic rings. The molecule has 0 saturated carbocycles. The molecule has 1 rings (SSSR count). The summed E-state index contributed by atoms with van der Waals surface area (Å²) in [7, 11) is 1.31. The Morgan fingerprint density at radius 1 is 1.08 bits per heavy atom. The topological polar surface area (TPSA) is 93.2 Å². The molecule has 138 valence electrons. The van der Waals surface area contributed by atoms with E-state index in [0.29, 0.717) is 17.4 Å². The van der Waals surface area contributed by atoms with E-state index in [4.69, 9.17) is 0 Å². The number of nitrogens with one attached hydrogen (secondary N) is 2. The van der Waals surface area contributed by atoms with Gasteiger partial charge in [-0.1, -0.05) is 27.7 Å². The first-order valence-electron chi connectivity index (χ1n) is 8.39. The van der Waals surface area contributed by atoms with Crippen molar-refractivity contribution in [3.8, 4) is 0 Å². The molecule has 0 fully saturated rings. The highest BCUT2D eigenvalue weighted by Crippen LogP contribution is 2.12. The Morgan fingerprint density at radius 3 is 2.24 bits per heavy atom. The van der Waals surface area contributed by atoms with E-state index < -0.39 is 12.0 Å². The molecule has 1 aromatic rings. The molecule has 0 spiro atoms. The van der Waals surface area contributed by atoms with Gasteiger partial charge in [0.1, 0.15) is 11.9 Å². The molecule has 2 atom stereocenters. The zero-order valence-corrected chi connectivity index (χ0v) is 15.7. The lowest BCUT2D eigenvalue weighted by molar-refractivity contribution is -0.134. The molecule has 25 heavy (non-hydrogen) atoms. The fourth-order valence-corrected chi connectivity index (χ4v) is 1.90. The van der Waals surface area contributed by atoms with Crippen LogP contribution < -0.4 is 10.6 Å². The first-order valence-corrected chi connectivity index (χ1v) is 8.39. The number of carbonyl (C=O) groups excluding carboxylic acids is 2. The maximum absolute atomic E-state index is 12.5. The number of carbonyl (C=O) groups is 2. The number of rotatable bonds is 8. The van der Waals surface area contributed by atoms with Gasteiger partial charge in [0.25, 0.3) is 0 Å². The monoisotopic (exact) mass is 348 g/mol. The van der Waals surface area contributed by atoms with Crippen molar-refractivity contribution < 1.29 is 14.3 Å². The van der Waals surface area contributed by atoms with Gasteiger partial charge in [-0.05, 0) is 24.8 Å². The summed E-state index contributed by atoms with van der Waals surface area (Å²) in [6.07, 6.45) is 5.84. The second-order valence-corrected chi connectivity index (χ2v) is 6.59.